The van der Waals surface area contributed by atoms with Crippen LogP contribution in [0.2, 0.25) is 0 Å². The predicted molar refractivity (Wildman–Crippen MR) is 111 cm³/mol. The number of rotatable bonds is 5. The van der Waals surface area contributed by atoms with E-state index in [1.54, 1.807) is 37.5 Å². The van der Waals surface area contributed by atoms with E-state index in [0.29, 0.717) is 16.7 Å². The molecule has 0 spiro atoms. The summed E-state index contributed by atoms with van der Waals surface area (Å²) in [6.07, 6.45) is -1.70. The summed E-state index contributed by atoms with van der Waals surface area (Å²) in [6, 6.07) is 10.3. The highest BCUT2D eigenvalue weighted by Gasteiger charge is 2.43. The van der Waals surface area contributed by atoms with Crippen LogP contribution in [0.3, 0.4) is 0 Å². The van der Waals surface area contributed by atoms with E-state index in [-0.39, 0.29) is 5.69 Å². The van der Waals surface area contributed by atoms with Crippen molar-refractivity contribution in [3.63, 3.8) is 0 Å². The van der Waals surface area contributed by atoms with Gasteiger partial charge in [-0.05, 0) is 53.6 Å². The molecule has 0 radical (unpaired) electrons. The van der Waals surface area contributed by atoms with Crippen LogP contribution in [0.4, 0.5) is 28.0 Å². The van der Waals surface area contributed by atoms with Crippen molar-refractivity contribution in [2.75, 3.05) is 4.90 Å². The lowest BCUT2D eigenvalue weighted by molar-refractivity contribution is -0.274. The van der Waals surface area contributed by atoms with Crippen molar-refractivity contribution in [3.05, 3.63) is 78.4 Å². The van der Waals surface area contributed by atoms with Gasteiger partial charge in [0.25, 0.3) is 5.91 Å². The Balaban J connectivity index is 1.59. The summed E-state index contributed by atoms with van der Waals surface area (Å²) in [5, 5.41) is 2.64. The van der Waals surface area contributed by atoms with Crippen LogP contribution < -0.4 is 15.0 Å². The van der Waals surface area contributed by atoms with Crippen LogP contribution in [-0.2, 0) is 4.79 Å². The van der Waals surface area contributed by atoms with Crippen molar-refractivity contribution in [2.24, 2.45) is 0 Å². The first-order valence-electron chi connectivity index (χ1n) is 9.84. The third-order valence-electron chi connectivity index (χ3n) is 5.30. The summed E-state index contributed by atoms with van der Waals surface area (Å²) >= 11 is 0. The van der Waals surface area contributed by atoms with Gasteiger partial charge in [0.15, 0.2) is 0 Å². The van der Waals surface area contributed by atoms with Gasteiger partial charge < -0.3 is 10.1 Å². The van der Waals surface area contributed by atoms with Crippen LogP contribution in [0, 0.1) is 5.82 Å². The van der Waals surface area contributed by atoms with Gasteiger partial charge in [-0.2, -0.15) is 0 Å². The third-order valence-corrected chi connectivity index (χ3v) is 5.30. The molecular weight excluding hydrogens is 442 g/mol. The molecular formula is C23H17F4N3O3. The van der Waals surface area contributed by atoms with Gasteiger partial charge in [0, 0.05) is 23.9 Å². The number of pyridine rings is 1. The number of urea groups is 1. The fraction of sp³-hybridized carbons (Fsp3) is 0.174. The highest BCUT2D eigenvalue weighted by atomic mass is 19.4. The molecule has 3 aromatic rings. The first-order valence-corrected chi connectivity index (χ1v) is 9.84. The van der Waals surface area contributed by atoms with Gasteiger partial charge in [-0.3, -0.25) is 9.78 Å². The monoisotopic (exact) mass is 459 g/mol. The van der Waals surface area contributed by atoms with Crippen LogP contribution in [0.5, 0.6) is 5.75 Å². The normalized spacial score (nSPS) is 17.1. The number of amides is 3. The smallest absolute Gasteiger partial charge is 0.406 e. The van der Waals surface area contributed by atoms with Crippen molar-refractivity contribution in [3.8, 4) is 16.9 Å². The minimum atomic E-state index is -4.85. The fourth-order valence-electron chi connectivity index (χ4n) is 3.73. The average Bonchev–Trinajstić information content (AvgIpc) is 3.07. The van der Waals surface area contributed by atoms with Gasteiger partial charge in [-0.25, -0.2) is 14.1 Å². The van der Waals surface area contributed by atoms with Gasteiger partial charge in [-0.1, -0.05) is 19.1 Å². The summed E-state index contributed by atoms with van der Waals surface area (Å²) in [5.41, 5.74) is 2.20. The Morgan fingerprint density at radius 2 is 1.70 bits per heavy atom. The number of carbonyl (C=O) groups excluding carboxylic acids is 2. The number of nitrogens with one attached hydrogen (secondary N) is 1. The SMILES string of the molecule is CC(c1ccncc1-c1ccc(F)cc1)C1NC(=O)N(c2ccc(OC(F)(F)F)cc2)C1=O. The van der Waals surface area contributed by atoms with Gasteiger partial charge in [0.2, 0.25) is 0 Å². The van der Waals surface area contributed by atoms with Crippen LogP contribution in [0.15, 0.2) is 67.0 Å². The molecule has 33 heavy (non-hydrogen) atoms. The number of halogens is 4. The van der Waals surface area contributed by atoms with Gasteiger partial charge >= 0.3 is 12.4 Å². The molecule has 6 nitrogen and oxygen atoms in total. The molecule has 170 valence electrons. The number of hydrogen-bond donors (Lipinski definition) is 1. The highest BCUT2D eigenvalue weighted by Crippen LogP contribution is 2.34. The summed E-state index contributed by atoms with van der Waals surface area (Å²) in [7, 11) is 0. The molecule has 2 heterocycles. The van der Waals surface area contributed by atoms with Crippen LogP contribution in [0.1, 0.15) is 18.4 Å². The van der Waals surface area contributed by atoms with Gasteiger partial charge in [0.05, 0.1) is 5.69 Å². The molecule has 0 saturated carbocycles. The van der Waals surface area contributed by atoms with E-state index in [9.17, 15) is 27.2 Å². The Morgan fingerprint density at radius 1 is 1.03 bits per heavy atom. The number of carbonyl (C=O) groups is 2. The molecule has 4 rings (SSSR count). The molecule has 0 bridgehead atoms. The predicted octanol–water partition coefficient (Wildman–Crippen LogP) is 5.01. The molecule has 1 N–H and O–H groups in total. The second-order valence-electron chi connectivity index (χ2n) is 7.40. The Labute approximate surface area is 185 Å². The second kappa shape index (κ2) is 8.53. The minimum absolute atomic E-state index is 0.107. The van der Waals surface area contributed by atoms with Crippen LogP contribution in [-0.4, -0.2) is 29.3 Å². The first kappa shape index (κ1) is 22.3. The molecule has 1 aliphatic rings. The molecule has 2 unspecified atom stereocenters. The first-order chi connectivity index (χ1) is 15.6. The average molecular weight is 459 g/mol. The topological polar surface area (TPSA) is 71.5 Å². The van der Waals surface area contributed by atoms with E-state index in [1.807, 2.05) is 0 Å². The Kier molecular flexibility index (Phi) is 5.75. The van der Waals surface area contributed by atoms with Crippen molar-refractivity contribution in [1.29, 1.82) is 0 Å². The number of hydrogen-bond acceptors (Lipinski definition) is 4. The molecule has 1 aliphatic heterocycles. The summed E-state index contributed by atoms with van der Waals surface area (Å²) < 4.78 is 54.3. The quantitative estimate of drug-likeness (QED) is 0.430. The van der Waals surface area contributed by atoms with Crippen LogP contribution >= 0.6 is 0 Å². The number of aromatic nitrogens is 1. The zero-order valence-electron chi connectivity index (χ0n) is 17.1. The number of imide groups is 1. The van der Waals surface area contributed by atoms with E-state index < -0.39 is 41.8 Å². The third kappa shape index (κ3) is 4.64. The molecule has 1 fully saturated rings. The van der Waals surface area contributed by atoms with Gasteiger partial charge in [-0.15, -0.1) is 13.2 Å². The Hall–Kier alpha value is -3.95. The molecule has 10 heteroatoms. The van der Waals surface area contributed by atoms with E-state index >= 15 is 0 Å². The summed E-state index contributed by atoms with van der Waals surface area (Å²) in [6.45, 7) is 1.76. The van der Waals surface area contributed by atoms with Crippen molar-refractivity contribution in [1.82, 2.24) is 10.3 Å². The summed E-state index contributed by atoms with van der Waals surface area (Å²) in [5.74, 6) is -1.90. The summed E-state index contributed by atoms with van der Waals surface area (Å²) in [4.78, 5) is 30.7. The van der Waals surface area contributed by atoms with Crippen molar-refractivity contribution in [2.45, 2.75) is 25.2 Å². The van der Waals surface area contributed by atoms with E-state index in [1.165, 1.54) is 24.3 Å². The largest absolute Gasteiger partial charge is 0.573 e. The van der Waals surface area contributed by atoms with E-state index in [0.717, 1.165) is 17.0 Å². The zero-order chi connectivity index (χ0) is 23.8. The Morgan fingerprint density at radius 3 is 2.33 bits per heavy atom. The lowest BCUT2D eigenvalue weighted by Crippen LogP contribution is -2.35. The number of benzene rings is 2. The van der Waals surface area contributed by atoms with E-state index in [2.05, 4.69) is 15.0 Å². The number of anilines is 1. The van der Waals surface area contributed by atoms with Crippen molar-refractivity contribution < 1.29 is 31.9 Å². The van der Waals surface area contributed by atoms with Crippen molar-refractivity contribution >= 4 is 17.6 Å². The maximum Gasteiger partial charge on any atom is 0.573 e. The molecule has 3 amide bonds. The molecule has 1 aromatic heterocycles. The maximum atomic E-state index is 13.3. The number of ether oxygens (including phenoxy) is 1. The number of alkyl halides is 3. The lowest BCUT2D eigenvalue weighted by atomic mass is 9.88. The Bertz CT molecular complexity index is 1180. The van der Waals surface area contributed by atoms with Crippen LogP contribution in [0.25, 0.3) is 11.1 Å². The highest BCUT2D eigenvalue weighted by molar-refractivity contribution is 6.21. The second-order valence-corrected chi connectivity index (χ2v) is 7.40. The fourth-order valence-corrected chi connectivity index (χ4v) is 3.73. The lowest BCUT2D eigenvalue weighted by Gasteiger charge is -2.21. The zero-order valence-corrected chi connectivity index (χ0v) is 17.1. The molecule has 1 saturated heterocycles. The van der Waals surface area contributed by atoms with E-state index in [4.69, 9.17) is 0 Å². The standard InChI is InChI=1S/C23H17F4N3O3/c1-13(18-10-11-28-12-19(18)14-2-4-15(24)5-3-14)20-21(31)30(22(32)29-20)16-6-8-17(9-7-16)33-23(25,26)27/h2-13,20H,1H3,(H,29,32). The molecule has 0 aliphatic carbocycles. The minimum Gasteiger partial charge on any atom is -0.406 e. The molecule has 2 atom stereocenters. The molecule has 2 aromatic carbocycles. The van der Waals surface area contributed by atoms with Gasteiger partial charge in [0.1, 0.15) is 17.6 Å². The maximum absolute atomic E-state index is 13.3. The number of nitrogens with zero attached hydrogens (tertiary/aromatic N) is 2.